The van der Waals surface area contributed by atoms with Crippen LogP contribution in [0.3, 0.4) is 0 Å². The Balaban J connectivity index is 1.48. The molecule has 2 heterocycles. The molecular formula is C23H34N6O. The zero-order chi connectivity index (χ0) is 21.2. The molecule has 1 aliphatic heterocycles. The van der Waals surface area contributed by atoms with Crippen LogP contribution in [0.1, 0.15) is 25.0 Å². The molecule has 2 aromatic rings. The van der Waals surface area contributed by atoms with Gasteiger partial charge in [0.1, 0.15) is 11.6 Å². The first-order chi connectivity index (χ1) is 14.7. The molecule has 1 aliphatic rings. The van der Waals surface area contributed by atoms with Crippen LogP contribution >= 0.6 is 0 Å². The Hall–Kier alpha value is -2.80. The van der Waals surface area contributed by atoms with Gasteiger partial charge in [-0.15, -0.1) is 0 Å². The summed E-state index contributed by atoms with van der Waals surface area (Å²) >= 11 is 0. The number of likely N-dealkylation sites (N-methyl/N-ethyl adjacent to an activating group) is 1. The number of rotatable bonds is 8. The van der Waals surface area contributed by atoms with Crippen molar-refractivity contribution in [2.75, 3.05) is 51.3 Å². The number of para-hydroxylation sites is 1. The Kier molecular flexibility index (Phi) is 8.32. The molecule has 2 N–H and O–H groups in total. The minimum Gasteiger partial charge on any atom is -0.494 e. The molecule has 1 saturated heterocycles. The fourth-order valence-electron chi connectivity index (χ4n) is 3.53. The number of nitrogens with zero attached hydrogens (tertiary/aromatic N) is 4. The van der Waals surface area contributed by atoms with E-state index in [-0.39, 0.29) is 0 Å². The van der Waals surface area contributed by atoms with E-state index in [9.17, 15) is 0 Å². The molecule has 0 saturated carbocycles. The van der Waals surface area contributed by atoms with Gasteiger partial charge in [-0.3, -0.25) is 4.99 Å². The molecule has 0 aliphatic carbocycles. The third-order valence-electron chi connectivity index (χ3n) is 5.35. The summed E-state index contributed by atoms with van der Waals surface area (Å²) in [5.74, 6) is 2.72. The van der Waals surface area contributed by atoms with Gasteiger partial charge < -0.3 is 25.2 Å². The third-order valence-corrected chi connectivity index (χ3v) is 5.35. The molecule has 0 spiro atoms. The second-order valence-electron chi connectivity index (χ2n) is 7.27. The van der Waals surface area contributed by atoms with E-state index in [4.69, 9.17) is 4.74 Å². The van der Waals surface area contributed by atoms with Crippen LogP contribution in [0.5, 0.6) is 5.75 Å². The average Bonchev–Trinajstić information content (AvgIpc) is 2.81. The first-order valence-electron chi connectivity index (χ1n) is 10.8. The second kappa shape index (κ2) is 11.4. The highest BCUT2D eigenvalue weighted by Crippen LogP contribution is 2.17. The number of pyridine rings is 1. The van der Waals surface area contributed by atoms with Crippen molar-refractivity contribution < 1.29 is 4.74 Å². The maximum Gasteiger partial charge on any atom is 0.191 e. The molecule has 1 aromatic heterocycles. The van der Waals surface area contributed by atoms with Gasteiger partial charge in [-0.25, -0.2) is 4.98 Å². The molecule has 162 valence electrons. The van der Waals surface area contributed by atoms with Crippen LogP contribution in [0.15, 0.2) is 47.6 Å². The molecule has 1 fully saturated rings. The third kappa shape index (κ3) is 6.10. The summed E-state index contributed by atoms with van der Waals surface area (Å²) in [6.07, 6.45) is 1.95. The van der Waals surface area contributed by atoms with Gasteiger partial charge in [0.25, 0.3) is 0 Å². The van der Waals surface area contributed by atoms with E-state index in [1.165, 1.54) is 0 Å². The fourth-order valence-corrected chi connectivity index (χ4v) is 3.53. The van der Waals surface area contributed by atoms with Crippen LogP contribution in [-0.4, -0.2) is 62.2 Å². The van der Waals surface area contributed by atoms with Crippen molar-refractivity contribution in [3.8, 4) is 5.75 Å². The van der Waals surface area contributed by atoms with E-state index >= 15 is 0 Å². The number of nitrogens with one attached hydrogen (secondary N) is 2. The second-order valence-corrected chi connectivity index (χ2v) is 7.27. The van der Waals surface area contributed by atoms with Gasteiger partial charge in [-0.1, -0.05) is 31.2 Å². The predicted octanol–water partition coefficient (Wildman–Crippen LogP) is 2.49. The van der Waals surface area contributed by atoms with Crippen molar-refractivity contribution in [1.82, 2.24) is 20.5 Å². The quantitative estimate of drug-likeness (QED) is 0.515. The fraction of sp³-hybridized carbons (Fsp3) is 0.478. The first-order valence-corrected chi connectivity index (χ1v) is 10.8. The van der Waals surface area contributed by atoms with Crippen LogP contribution in [0.4, 0.5) is 5.82 Å². The number of anilines is 1. The minimum absolute atomic E-state index is 0.650. The Morgan fingerprint density at radius 2 is 1.80 bits per heavy atom. The molecule has 0 atom stereocenters. The monoisotopic (exact) mass is 410 g/mol. The van der Waals surface area contributed by atoms with Gasteiger partial charge in [0.2, 0.25) is 0 Å². The minimum atomic E-state index is 0.650. The van der Waals surface area contributed by atoms with Crippen LogP contribution in [0, 0.1) is 0 Å². The molecule has 0 radical (unpaired) electrons. The lowest BCUT2D eigenvalue weighted by atomic mass is 10.2. The lowest BCUT2D eigenvalue weighted by Crippen LogP contribution is -2.46. The summed E-state index contributed by atoms with van der Waals surface area (Å²) in [4.78, 5) is 13.8. The highest BCUT2D eigenvalue weighted by Gasteiger charge is 2.16. The number of hydrogen-bond acceptors (Lipinski definition) is 5. The van der Waals surface area contributed by atoms with Crippen LogP contribution in [-0.2, 0) is 13.1 Å². The number of aliphatic imine (C=N–C) groups is 1. The van der Waals surface area contributed by atoms with Crippen LogP contribution in [0.2, 0.25) is 0 Å². The molecule has 0 amide bonds. The predicted molar refractivity (Wildman–Crippen MR) is 123 cm³/mol. The van der Waals surface area contributed by atoms with E-state index < -0.39 is 0 Å². The molecule has 30 heavy (non-hydrogen) atoms. The highest BCUT2D eigenvalue weighted by atomic mass is 16.5. The molecule has 1 aromatic carbocycles. The topological polar surface area (TPSA) is 65.0 Å². The smallest absolute Gasteiger partial charge is 0.191 e. The van der Waals surface area contributed by atoms with Gasteiger partial charge in [0, 0.05) is 58.1 Å². The number of benzene rings is 1. The van der Waals surface area contributed by atoms with Gasteiger partial charge in [0.15, 0.2) is 5.96 Å². The Bertz CT molecular complexity index is 800. The van der Waals surface area contributed by atoms with Crippen molar-refractivity contribution in [3.05, 3.63) is 53.7 Å². The van der Waals surface area contributed by atoms with Gasteiger partial charge in [-0.05, 0) is 31.2 Å². The molecule has 0 unspecified atom stereocenters. The summed E-state index contributed by atoms with van der Waals surface area (Å²) in [6, 6.07) is 12.3. The highest BCUT2D eigenvalue weighted by molar-refractivity contribution is 5.79. The lowest BCUT2D eigenvalue weighted by molar-refractivity contribution is 0.270. The summed E-state index contributed by atoms with van der Waals surface area (Å²) in [5, 5.41) is 6.71. The molecular weight excluding hydrogens is 376 g/mol. The van der Waals surface area contributed by atoms with Crippen LogP contribution < -0.4 is 20.3 Å². The standard InChI is InChI=1S/C23H34N6O/c1-4-28-12-14-29(15-13-28)22-11-10-19(16-25-22)17-26-23(24-3)27-18-20-8-6-7-9-21(20)30-5-2/h6-11,16H,4-5,12-15,17-18H2,1-3H3,(H2,24,26,27). The average molecular weight is 411 g/mol. The van der Waals surface area contributed by atoms with Crippen molar-refractivity contribution in [1.29, 1.82) is 0 Å². The summed E-state index contributed by atoms with van der Waals surface area (Å²) in [5.41, 5.74) is 2.24. The van der Waals surface area contributed by atoms with Crippen molar-refractivity contribution in [2.24, 2.45) is 4.99 Å². The largest absolute Gasteiger partial charge is 0.494 e. The molecule has 0 bridgehead atoms. The van der Waals surface area contributed by atoms with E-state index in [2.05, 4.69) is 55.5 Å². The number of guanidine groups is 1. The Morgan fingerprint density at radius 3 is 2.47 bits per heavy atom. The summed E-state index contributed by atoms with van der Waals surface area (Å²) in [6.45, 7) is 11.6. The molecule has 7 heteroatoms. The van der Waals surface area contributed by atoms with Crippen molar-refractivity contribution in [2.45, 2.75) is 26.9 Å². The van der Waals surface area contributed by atoms with Crippen LogP contribution in [0.25, 0.3) is 0 Å². The number of hydrogen-bond donors (Lipinski definition) is 2. The van der Waals surface area contributed by atoms with E-state index in [0.717, 1.165) is 61.4 Å². The van der Waals surface area contributed by atoms with Gasteiger partial charge in [-0.2, -0.15) is 0 Å². The van der Waals surface area contributed by atoms with Crippen molar-refractivity contribution >= 4 is 11.8 Å². The normalized spacial score (nSPS) is 15.2. The van der Waals surface area contributed by atoms with E-state index in [0.29, 0.717) is 19.7 Å². The maximum absolute atomic E-state index is 5.69. The zero-order valence-electron chi connectivity index (χ0n) is 18.4. The lowest BCUT2D eigenvalue weighted by Gasteiger charge is -2.34. The number of piperazine rings is 1. The summed E-state index contributed by atoms with van der Waals surface area (Å²) < 4.78 is 5.69. The maximum atomic E-state index is 5.69. The number of aromatic nitrogens is 1. The Morgan fingerprint density at radius 1 is 1.03 bits per heavy atom. The van der Waals surface area contributed by atoms with Gasteiger partial charge in [0.05, 0.1) is 6.61 Å². The van der Waals surface area contributed by atoms with E-state index in [1.807, 2.05) is 31.3 Å². The van der Waals surface area contributed by atoms with Crippen molar-refractivity contribution in [3.63, 3.8) is 0 Å². The van der Waals surface area contributed by atoms with E-state index in [1.54, 1.807) is 7.05 Å². The molecule has 7 nitrogen and oxygen atoms in total. The first kappa shape index (κ1) is 21.9. The zero-order valence-corrected chi connectivity index (χ0v) is 18.4. The summed E-state index contributed by atoms with van der Waals surface area (Å²) in [7, 11) is 1.78. The number of ether oxygens (including phenoxy) is 1. The SMILES string of the molecule is CCOc1ccccc1CNC(=NC)NCc1ccc(N2CCN(CC)CC2)nc1. The van der Waals surface area contributed by atoms with Gasteiger partial charge >= 0.3 is 0 Å². The Labute approximate surface area is 180 Å². The molecule has 3 rings (SSSR count).